The molecule has 0 amide bonds. The molecule has 0 aliphatic heterocycles. The van der Waals surface area contributed by atoms with E-state index in [9.17, 15) is 19.2 Å². The fraction of sp³-hybridized carbons (Fsp3) is 0.381. The number of Topliss-reactive ketones (excluding diaryl/α,β-unsaturated/α-hetero) is 1. The number of nitrogens with two attached hydrogens (primary N) is 1. The lowest BCUT2D eigenvalue weighted by molar-refractivity contribution is 0.102. The van der Waals surface area contributed by atoms with Crippen molar-refractivity contribution in [3.05, 3.63) is 61.0 Å². The van der Waals surface area contributed by atoms with Gasteiger partial charge in [-0.15, -0.1) is 0 Å². The second-order valence-corrected chi connectivity index (χ2v) is 8.08. The van der Waals surface area contributed by atoms with Crippen LogP contribution in [0.2, 0.25) is 0 Å². The Kier molecular flexibility index (Phi) is 6.79. The Hall–Kier alpha value is -3.14. The van der Waals surface area contributed by atoms with Gasteiger partial charge in [0.2, 0.25) is 0 Å². The predicted molar refractivity (Wildman–Crippen MR) is 122 cm³/mol. The van der Waals surface area contributed by atoms with E-state index >= 15 is 0 Å². The number of hydrogen-bond donors (Lipinski definition) is 1. The number of anilines is 1. The molecule has 0 bridgehead atoms. The van der Waals surface area contributed by atoms with Crippen molar-refractivity contribution in [1.82, 2.24) is 18.7 Å². The van der Waals surface area contributed by atoms with Gasteiger partial charge >= 0.3 is 5.69 Å². The molecule has 31 heavy (non-hydrogen) atoms. The van der Waals surface area contributed by atoms with E-state index in [1.165, 1.54) is 11.6 Å². The van der Waals surface area contributed by atoms with E-state index in [4.69, 9.17) is 5.73 Å². The van der Waals surface area contributed by atoms with Gasteiger partial charge in [-0.25, -0.2) is 9.78 Å². The Bertz CT molecular complexity index is 1320. The summed E-state index contributed by atoms with van der Waals surface area (Å²) in [6.07, 6.45) is 1.34. The molecule has 2 heterocycles. The summed E-state index contributed by atoms with van der Waals surface area (Å²) in [7, 11) is 1.32. The second kappa shape index (κ2) is 9.34. The van der Waals surface area contributed by atoms with Crippen LogP contribution in [0.3, 0.4) is 0 Å². The standard InChI is InChI=1S/C21H25N5O4S/c1-4-10-25-17(22)16(19(29)24(3)21(25)30)15(27)12-31-20-23-14-9-7-6-8-13(14)18(28)26(20)11-5-2/h6-9H,4-5,10-12,22H2,1-3H3. The third-order valence-electron chi connectivity index (χ3n) is 4.92. The minimum atomic E-state index is -0.724. The highest BCUT2D eigenvalue weighted by atomic mass is 32.2. The van der Waals surface area contributed by atoms with Crippen LogP contribution >= 0.6 is 11.8 Å². The molecule has 3 aromatic rings. The third-order valence-corrected chi connectivity index (χ3v) is 5.89. The van der Waals surface area contributed by atoms with Crippen LogP contribution in [-0.2, 0) is 20.1 Å². The van der Waals surface area contributed by atoms with Gasteiger partial charge in [-0.2, -0.15) is 0 Å². The van der Waals surface area contributed by atoms with E-state index in [2.05, 4.69) is 4.98 Å². The van der Waals surface area contributed by atoms with E-state index in [1.807, 2.05) is 13.8 Å². The van der Waals surface area contributed by atoms with E-state index in [1.54, 1.807) is 28.8 Å². The highest BCUT2D eigenvalue weighted by Gasteiger charge is 2.22. The topological polar surface area (TPSA) is 122 Å². The SMILES string of the molecule is CCCn1c(SCC(=O)c2c(N)n(CCC)c(=O)n(C)c2=O)nc2ccccc2c1=O. The smallest absolute Gasteiger partial charge is 0.332 e. The van der Waals surface area contributed by atoms with Crippen LogP contribution in [0.5, 0.6) is 0 Å². The number of benzene rings is 1. The van der Waals surface area contributed by atoms with Gasteiger partial charge in [-0.3, -0.25) is 28.1 Å². The zero-order chi connectivity index (χ0) is 22.7. The number of nitrogens with zero attached hydrogens (tertiary/aromatic N) is 4. The van der Waals surface area contributed by atoms with Crippen LogP contribution in [0.4, 0.5) is 5.82 Å². The molecule has 164 valence electrons. The lowest BCUT2D eigenvalue weighted by Gasteiger charge is -2.14. The summed E-state index contributed by atoms with van der Waals surface area (Å²) in [6.45, 7) is 4.57. The van der Waals surface area contributed by atoms with Gasteiger partial charge in [0, 0.05) is 20.1 Å². The molecule has 9 nitrogen and oxygen atoms in total. The Morgan fingerprint density at radius 3 is 2.35 bits per heavy atom. The van der Waals surface area contributed by atoms with Crippen molar-refractivity contribution in [2.24, 2.45) is 7.05 Å². The van der Waals surface area contributed by atoms with Crippen molar-refractivity contribution in [3.8, 4) is 0 Å². The molecule has 0 saturated heterocycles. The highest BCUT2D eigenvalue weighted by Crippen LogP contribution is 2.20. The summed E-state index contributed by atoms with van der Waals surface area (Å²) in [6, 6.07) is 7.03. The van der Waals surface area contributed by atoms with Crippen molar-refractivity contribution in [2.45, 2.75) is 44.9 Å². The molecule has 0 aliphatic carbocycles. The summed E-state index contributed by atoms with van der Waals surface area (Å²) in [5, 5.41) is 0.910. The minimum Gasteiger partial charge on any atom is -0.384 e. The normalized spacial score (nSPS) is 11.2. The van der Waals surface area contributed by atoms with Crippen LogP contribution in [0.25, 0.3) is 10.9 Å². The molecular weight excluding hydrogens is 418 g/mol. The molecule has 3 rings (SSSR count). The summed E-state index contributed by atoms with van der Waals surface area (Å²) in [5.74, 6) is -0.783. The van der Waals surface area contributed by atoms with Crippen LogP contribution < -0.4 is 22.5 Å². The van der Waals surface area contributed by atoms with Gasteiger partial charge in [-0.05, 0) is 25.0 Å². The summed E-state index contributed by atoms with van der Waals surface area (Å²) >= 11 is 1.08. The Morgan fingerprint density at radius 2 is 1.68 bits per heavy atom. The fourth-order valence-electron chi connectivity index (χ4n) is 3.37. The molecule has 2 N–H and O–H groups in total. The van der Waals surface area contributed by atoms with E-state index in [-0.39, 0.29) is 22.7 Å². The van der Waals surface area contributed by atoms with Crippen LogP contribution in [0.1, 0.15) is 37.0 Å². The number of hydrogen-bond acceptors (Lipinski definition) is 7. The maximum Gasteiger partial charge on any atom is 0.332 e. The maximum absolute atomic E-state index is 13.0. The molecule has 10 heteroatoms. The summed E-state index contributed by atoms with van der Waals surface area (Å²) in [5.41, 5.74) is 4.91. The molecule has 0 aliphatic rings. The van der Waals surface area contributed by atoms with Crippen LogP contribution in [0, 0.1) is 0 Å². The maximum atomic E-state index is 13.0. The molecule has 0 radical (unpaired) electrons. The number of carbonyl (C=O) groups excluding carboxylic acids is 1. The average Bonchev–Trinajstić information content (AvgIpc) is 2.76. The van der Waals surface area contributed by atoms with Gasteiger partial charge in [0.25, 0.3) is 11.1 Å². The molecule has 1 aromatic carbocycles. The van der Waals surface area contributed by atoms with Crippen molar-refractivity contribution >= 4 is 34.3 Å². The first-order valence-corrected chi connectivity index (χ1v) is 11.0. The Morgan fingerprint density at radius 1 is 1.03 bits per heavy atom. The largest absolute Gasteiger partial charge is 0.384 e. The lowest BCUT2D eigenvalue weighted by atomic mass is 10.2. The Balaban J connectivity index is 2.01. The van der Waals surface area contributed by atoms with Crippen molar-refractivity contribution in [2.75, 3.05) is 11.5 Å². The van der Waals surface area contributed by atoms with Crippen LogP contribution in [0.15, 0.2) is 43.8 Å². The number of thioether (sulfide) groups is 1. The van der Waals surface area contributed by atoms with Crippen molar-refractivity contribution < 1.29 is 4.79 Å². The number of para-hydroxylation sites is 1. The first-order valence-electron chi connectivity index (χ1n) is 10.1. The lowest BCUT2D eigenvalue weighted by Crippen LogP contribution is -2.42. The summed E-state index contributed by atoms with van der Waals surface area (Å²) < 4.78 is 3.67. The zero-order valence-electron chi connectivity index (χ0n) is 17.8. The predicted octanol–water partition coefficient (Wildman–Crippen LogP) is 1.63. The first-order chi connectivity index (χ1) is 14.8. The Labute approximate surface area is 182 Å². The van der Waals surface area contributed by atoms with Crippen LogP contribution in [-0.4, -0.2) is 30.2 Å². The molecular formula is C21H25N5O4S. The van der Waals surface area contributed by atoms with E-state index in [0.29, 0.717) is 35.6 Å². The number of nitrogen functional groups attached to an aromatic ring is 1. The molecule has 0 unspecified atom stereocenters. The van der Waals surface area contributed by atoms with Gasteiger partial charge in [-0.1, -0.05) is 37.7 Å². The molecule has 2 aromatic heterocycles. The summed E-state index contributed by atoms with van der Waals surface area (Å²) in [4.78, 5) is 55.3. The highest BCUT2D eigenvalue weighted by molar-refractivity contribution is 7.99. The molecule has 0 saturated carbocycles. The minimum absolute atomic E-state index is 0.127. The fourth-order valence-corrected chi connectivity index (χ4v) is 4.26. The third kappa shape index (κ3) is 4.20. The number of fused-ring (bicyclic) bond motifs is 1. The second-order valence-electron chi connectivity index (χ2n) is 7.14. The number of ketones is 1. The number of aromatic nitrogens is 4. The molecule has 0 spiro atoms. The molecule has 0 fully saturated rings. The van der Waals surface area contributed by atoms with E-state index in [0.717, 1.165) is 22.7 Å². The average molecular weight is 444 g/mol. The van der Waals surface area contributed by atoms with E-state index < -0.39 is 17.0 Å². The van der Waals surface area contributed by atoms with Crippen molar-refractivity contribution in [3.63, 3.8) is 0 Å². The monoisotopic (exact) mass is 443 g/mol. The first kappa shape index (κ1) is 22.5. The van der Waals surface area contributed by atoms with Gasteiger partial charge in [0.1, 0.15) is 11.4 Å². The number of carbonyl (C=O) groups is 1. The molecule has 0 atom stereocenters. The quantitative estimate of drug-likeness (QED) is 0.319. The van der Waals surface area contributed by atoms with Gasteiger partial charge < -0.3 is 5.73 Å². The number of rotatable bonds is 8. The van der Waals surface area contributed by atoms with Gasteiger partial charge in [0.05, 0.1) is 16.7 Å². The van der Waals surface area contributed by atoms with Crippen molar-refractivity contribution in [1.29, 1.82) is 0 Å². The van der Waals surface area contributed by atoms with Gasteiger partial charge in [0.15, 0.2) is 10.9 Å². The zero-order valence-corrected chi connectivity index (χ0v) is 18.6.